The Bertz CT molecular complexity index is 809. The minimum absolute atomic E-state index is 0. The Morgan fingerprint density at radius 3 is 2.71 bits per heavy atom. The van der Waals surface area contributed by atoms with E-state index in [0.29, 0.717) is 12.5 Å². The van der Waals surface area contributed by atoms with Gasteiger partial charge in [0.1, 0.15) is 5.75 Å². The third kappa shape index (κ3) is 7.97. The molecule has 1 aromatic heterocycles. The average molecular weight is 542 g/mol. The first-order chi connectivity index (χ1) is 14.6. The summed E-state index contributed by atoms with van der Waals surface area (Å²) in [5.74, 6) is 2.25. The van der Waals surface area contributed by atoms with Crippen molar-refractivity contribution in [2.75, 3.05) is 46.9 Å². The lowest BCUT2D eigenvalue weighted by atomic mass is 10.2. The van der Waals surface area contributed by atoms with E-state index >= 15 is 0 Å². The van der Waals surface area contributed by atoms with Crippen LogP contribution in [0.4, 0.5) is 0 Å². The maximum absolute atomic E-state index is 5.90. The van der Waals surface area contributed by atoms with Crippen molar-refractivity contribution in [3.8, 4) is 11.4 Å². The van der Waals surface area contributed by atoms with Crippen LogP contribution in [0.1, 0.15) is 19.5 Å². The normalized spacial score (nSPS) is 17.3. The number of methoxy groups -OCH3 is 1. The highest BCUT2D eigenvalue weighted by molar-refractivity contribution is 14.0. The van der Waals surface area contributed by atoms with E-state index in [1.54, 1.807) is 14.2 Å². The molecule has 0 spiro atoms. The van der Waals surface area contributed by atoms with Gasteiger partial charge in [-0.2, -0.15) is 5.10 Å². The largest absolute Gasteiger partial charge is 0.497 e. The average Bonchev–Trinajstić information content (AvgIpc) is 3.23. The zero-order chi connectivity index (χ0) is 21.3. The van der Waals surface area contributed by atoms with Crippen LogP contribution in [0, 0.1) is 5.92 Å². The van der Waals surface area contributed by atoms with Gasteiger partial charge < -0.3 is 20.1 Å². The molecule has 3 rings (SSSR count). The molecule has 8 nitrogen and oxygen atoms in total. The van der Waals surface area contributed by atoms with Crippen LogP contribution in [-0.4, -0.2) is 73.7 Å². The lowest BCUT2D eigenvalue weighted by molar-refractivity contribution is -0.0284. The van der Waals surface area contributed by atoms with Crippen LogP contribution in [-0.2, 0) is 11.3 Å². The molecule has 31 heavy (non-hydrogen) atoms. The van der Waals surface area contributed by atoms with Gasteiger partial charge in [-0.1, -0.05) is 13.8 Å². The van der Waals surface area contributed by atoms with Crippen LogP contribution in [0.25, 0.3) is 5.69 Å². The van der Waals surface area contributed by atoms with Crippen LogP contribution < -0.4 is 15.4 Å². The summed E-state index contributed by atoms with van der Waals surface area (Å²) < 4.78 is 13.0. The van der Waals surface area contributed by atoms with Crippen molar-refractivity contribution in [3.63, 3.8) is 0 Å². The molecule has 9 heteroatoms. The quantitative estimate of drug-likeness (QED) is 0.304. The molecule has 1 aliphatic rings. The van der Waals surface area contributed by atoms with E-state index in [1.165, 1.54) is 0 Å². The maximum atomic E-state index is 5.90. The second-order valence-corrected chi connectivity index (χ2v) is 7.90. The van der Waals surface area contributed by atoms with E-state index in [9.17, 15) is 0 Å². The molecular formula is C22H35IN6O2. The topological polar surface area (TPSA) is 75.9 Å². The molecule has 1 fully saturated rings. The van der Waals surface area contributed by atoms with Crippen LogP contribution >= 0.6 is 24.0 Å². The van der Waals surface area contributed by atoms with Gasteiger partial charge in [-0.05, 0) is 36.2 Å². The van der Waals surface area contributed by atoms with Crippen molar-refractivity contribution in [3.05, 3.63) is 42.2 Å². The molecular weight excluding hydrogens is 507 g/mol. The molecule has 1 aliphatic heterocycles. The van der Waals surface area contributed by atoms with Gasteiger partial charge in [-0.3, -0.25) is 9.89 Å². The van der Waals surface area contributed by atoms with Gasteiger partial charge in [0, 0.05) is 39.4 Å². The zero-order valence-corrected chi connectivity index (χ0v) is 21.2. The molecule has 2 aromatic rings. The zero-order valence-electron chi connectivity index (χ0n) is 18.9. The van der Waals surface area contributed by atoms with Gasteiger partial charge in [-0.15, -0.1) is 24.0 Å². The summed E-state index contributed by atoms with van der Waals surface area (Å²) in [5, 5.41) is 11.3. The number of nitrogens with zero attached hydrogens (tertiary/aromatic N) is 4. The molecule has 0 bridgehead atoms. The van der Waals surface area contributed by atoms with Gasteiger partial charge >= 0.3 is 0 Å². The number of hydrogen-bond acceptors (Lipinski definition) is 5. The fraction of sp³-hybridized carbons (Fsp3) is 0.545. The molecule has 1 atom stereocenters. The van der Waals surface area contributed by atoms with Crippen LogP contribution in [0.15, 0.2) is 41.5 Å². The highest BCUT2D eigenvalue weighted by Gasteiger charge is 2.21. The van der Waals surface area contributed by atoms with Gasteiger partial charge in [0.15, 0.2) is 5.96 Å². The molecule has 1 unspecified atom stereocenters. The Labute approximate surface area is 202 Å². The number of morpholine rings is 1. The van der Waals surface area contributed by atoms with Crippen molar-refractivity contribution in [1.29, 1.82) is 0 Å². The third-order valence-corrected chi connectivity index (χ3v) is 4.99. The van der Waals surface area contributed by atoms with Crippen LogP contribution in [0.5, 0.6) is 5.75 Å². The van der Waals surface area contributed by atoms with Gasteiger partial charge in [-0.25, -0.2) is 4.68 Å². The van der Waals surface area contributed by atoms with Crippen molar-refractivity contribution >= 4 is 29.9 Å². The minimum atomic E-state index is 0. The van der Waals surface area contributed by atoms with Crippen molar-refractivity contribution in [1.82, 2.24) is 25.3 Å². The number of aliphatic imine (C=N–C) groups is 1. The van der Waals surface area contributed by atoms with E-state index in [4.69, 9.17) is 9.47 Å². The van der Waals surface area contributed by atoms with Gasteiger partial charge in [0.25, 0.3) is 0 Å². The Morgan fingerprint density at radius 1 is 1.26 bits per heavy atom. The Hall–Kier alpha value is -1.85. The SMILES string of the molecule is CN=C(NCc1ccn(-c2ccc(OC)cc2)n1)NCC1CN(CC(C)C)CCO1.I. The van der Waals surface area contributed by atoms with Crippen LogP contribution in [0.3, 0.4) is 0 Å². The molecule has 0 saturated carbocycles. The van der Waals surface area contributed by atoms with E-state index in [0.717, 1.165) is 55.9 Å². The third-order valence-electron chi connectivity index (χ3n) is 4.99. The number of rotatable bonds is 8. The lowest BCUT2D eigenvalue weighted by Gasteiger charge is -2.34. The maximum Gasteiger partial charge on any atom is 0.191 e. The predicted molar refractivity (Wildman–Crippen MR) is 135 cm³/mol. The molecule has 0 aliphatic carbocycles. The lowest BCUT2D eigenvalue weighted by Crippen LogP contribution is -2.50. The van der Waals surface area contributed by atoms with Crippen LogP contribution in [0.2, 0.25) is 0 Å². The Balaban J connectivity index is 0.00000341. The number of ether oxygens (including phenoxy) is 2. The first-order valence-corrected chi connectivity index (χ1v) is 10.5. The molecule has 172 valence electrons. The smallest absolute Gasteiger partial charge is 0.191 e. The molecule has 2 N–H and O–H groups in total. The van der Waals surface area contributed by atoms with E-state index < -0.39 is 0 Å². The first kappa shape index (κ1) is 25.4. The monoisotopic (exact) mass is 542 g/mol. The van der Waals surface area contributed by atoms with Crippen molar-refractivity contribution < 1.29 is 9.47 Å². The molecule has 1 saturated heterocycles. The van der Waals surface area contributed by atoms with Crippen molar-refractivity contribution in [2.45, 2.75) is 26.5 Å². The summed E-state index contributed by atoms with van der Waals surface area (Å²) in [4.78, 5) is 6.79. The molecule has 2 heterocycles. The summed E-state index contributed by atoms with van der Waals surface area (Å²) in [6, 6.07) is 9.82. The number of benzene rings is 1. The number of nitrogens with one attached hydrogen (secondary N) is 2. The summed E-state index contributed by atoms with van der Waals surface area (Å²) in [7, 11) is 3.44. The van der Waals surface area contributed by atoms with Gasteiger partial charge in [0.05, 0.1) is 37.7 Å². The Morgan fingerprint density at radius 2 is 2.03 bits per heavy atom. The highest BCUT2D eigenvalue weighted by atomic mass is 127. The second kappa shape index (κ2) is 12.9. The molecule has 1 aromatic carbocycles. The summed E-state index contributed by atoms with van der Waals surface area (Å²) in [5.41, 5.74) is 1.93. The van der Waals surface area contributed by atoms with Gasteiger partial charge in [0.2, 0.25) is 0 Å². The summed E-state index contributed by atoms with van der Waals surface area (Å²) in [6.45, 7) is 9.70. The minimum Gasteiger partial charge on any atom is -0.497 e. The number of guanidine groups is 1. The van der Waals surface area contributed by atoms with E-state index in [2.05, 4.69) is 39.5 Å². The highest BCUT2D eigenvalue weighted by Crippen LogP contribution is 2.14. The first-order valence-electron chi connectivity index (χ1n) is 10.5. The van der Waals surface area contributed by atoms with E-state index in [-0.39, 0.29) is 30.1 Å². The second-order valence-electron chi connectivity index (χ2n) is 7.90. The number of halogens is 1. The predicted octanol–water partition coefficient (Wildman–Crippen LogP) is 2.52. The molecule has 0 amide bonds. The number of aromatic nitrogens is 2. The van der Waals surface area contributed by atoms with Crippen molar-refractivity contribution in [2.24, 2.45) is 10.9 Å². The fourth-order valence-corrected chi connectivity index (χ4v) is 3.53. The molecule has 0 radical (unpaired) electrons. The summed E-state index contributed by atoms with van der Waals surface area (Å²) >= 11 is 0. The fourth-order valence-electron chi connectivity index (χ4n) is 3.53. The number of hydrogen-bond donors (Lipinski definition) is 2. The standard InChI is InChI=1S/C22H34N6O2.HI/c1-17(2)15-27-11-12-30-21(16-27)14-25-22(23-3)24-13-18-9-10-28(26-18)19-5-7-20(29-4)8-6-19;/h5-10,17,21H,11-16H2,1-4H3,(H2,23,24,25);1H. The summed E-state index contributed by atoms with van der Waals surface area (Å²) in [6.07, 6.45) is 2.12. The Kier molecular flexibility index (Phi) is 10.6. The van der Waals surface area contributed by atoms with E-state index in [1.807, 2.05) is 41.2 Å².